The maximum absolute atomic E-state index is 12.9. The fourth-order valence-electron chi connectivity index (χ4n) is 4.03. The van der Waals surface area contributed by atoms with Crippen LogP contribution in [0.4, 0.5) is 10.3 Å². The summed E-state index contributed by atoms with van der Waals surface area (Å²) in [6, 6.07) is 18.4. The summed E-state index contributed by atoms with van der Waals surface area (Å²) in [7, 11) is 0. The number of nitriles is 1. The van der Waals surface area contributed by atoms with Gasteiger partial charge in [0.05, 0.1) is 13.2 Å². The van der Waals surface area contributed by atoms with E-state index in [2.05, 4.69) is 56.2 Å². The Bertz CT molecular complexity index is 1420. The molecule has 1 amide bonds. The predicted octanol–water partition coefficient (Wildman–Crippen LogP) is 4.23. The average Bonchev–Trinajstić information content (AvgIpc) is 3.49. The molecule has 0 aliphatic carbocycles. The van der Waals surface area contributed by atoms with Gasteiger partial charge < -0.3 is 14.2 Å². The van der Waals surface area contributed by atoms with E-state index in [-0.39, 0.29) is 5.57 Å². The number of para-hydroxylation sites is 1. The summed E-state index contributed by atoms with van der Waals surface area (Å²) in [5.41, 5.74) is 4.25. The molecule has 176 valence electrons. The first kappa shape index (κ1) is 22.8. The summed E-state index contributed by atoms with van der Waals surface area (Å²) < 4.78 is 7.50. The highest BCUT2D eigenvalue weighted by Gasteiger charge is 2.18. The van der Waals surface area contributed by atoms with Gasteiger partial charge in [0.15, 0.2) is 0 Å². The first-order valence-corrected chi connectivity index (χ1v) is 12.1. The van der Waals surface area contributed by atoms with Crippen molar-refractivity contribution >= 4 is 44.5 Å². The maximum atomic E-state index is 12.9. The van der Waals surface area contributed by atoms with Gasteiger partial charge >= 0.3 is 0 Å². The summed E-state index contributed by atoms with van der Waals surface area (Å²) in [4.78, 5) is 15.0. The number of hydrogen-bond donors (Lipinski definition) is 1. The highest BCUT2D eigenvalue weighted by molar-refractivity contribution is 7.19. The zero-order valence-electron chi connectivity index (χ0n) is 19.3. The zero-order valence-corrected chi connectivity index (χ0v) is 20.1. The monoisotopic (exact) mass is 484 g/mol. The predicted molar refractivity (Wildman–Crippen MR) is 137 cm³/mol. The van der Waals surface area contributed by atoms with Crippen LogP contribution >= 0.6 is 11.3 Å². The minimum absolute atomic E-state index is 0.00589. The van der Waals surface area contributed by atoms with Gasteiger partial charge in [-0.2, -0.15) is 5.26 Å². The van der Waals surface area contributed by atoms with Crippen LogP contribution in [0.2, 0.25) is 0 Å². The van der Waals surface area contributed by atoms with Gasteiger partial charge in [-0.1, -0.05) is 59.4 Å². The zero-order chi connectivity index (χ0) is 24.2. The number of fused-ring (bicyclic) bond motifs is 1. The quantitative estimate of drug-likeness (QED) is 0.325. The molecule has 2 aromatic carbocycles. The lowest BCUT2D eigenvalue weighted by Gasteiger charge is -2.25. The van der Waals surface area contributed by atoms with Crippen LogP contribution in [-0.4, -0.2) is 47.0 Å². The summed E-state index contributed by atoms with van der Waals surface area (Å²) in [5.74, 6) is -0.507. The minimum atomic E-state index is -0.507. The van der Waals surface area contributed by atoms with E-state index in [4.69, 9.17) is 4.74 Å². The van der Waals surface area contributed by atoms with E-state index in [0.717, 1.165) is 34.7 Å². The lowest BCUT2D eigenvalue weighted by atomic mass is 10.1. The summed E-state index contributed by atoms with van der Waals surface area (Å²) >= 11 is 1.29. The number of aryl methyl sites for hydroxylation is 1. The van der Waals surface area contributed by atoms with E-state index in [1.165, 1.54) is 22.5 Å². The molecule has 4 aromatic rings. The Balaban J connectivity index is 1.38. The van der Waals surface area contributed by atoms with E-state index in [9.17, 15) is 10.1 Å². The number of nitrogens with zero attached hydrogens (tertiary/aromatic N) is 5. The van der Waals surface area contributed by atoms with Crippen molar-refractivity contribution in [1.29, 1.82) is 5.26 Å². The van der Waals surface area contributed by atoms with Crippen LogP contribution in [0, 0.1) is 18.3 Å². The van der Waals surface area contributed by atoms with Gasteiger partial charge in [0.25, 0.3) is 5.91 Å². The average molecular weight is 485 g/mol. The normalized spacial score (nSPS) is 14.2. The summed E-state index contributed by atoms with van der Waals surface area (Å²) in [6.45, 7) is 5.51. The number of benzene rings is 2. The molecule has 3 heterocycles. The molecule has 9 heteroatoms. The van der Waals surface area contributed by atoms with Crippen LogP contribution in [0.25, 0.3) is 17.0 Å². The molecule has 0 bridgehead atoms. The van der Waals surface area contributed by atoms with Gasteiger partial charge in [-0.3, -0.25) is 10.1 Å². The largest absolute Gasteiger partial charge is 0.378 e. The van der Waals surface area contributed by atoms with Crippen LogP contribution < -0.4 is 10.2 Å². The molecular formula is C26H24N6O2S. The Morgan fingerprint density at radius 1 is 1.17 bits per heavy atom. The Morgan fingerprint density at radius 2 is 1.94 bits per heavy atom. The summed E-state index contributed by atoms with van der Waals surface area (Å²) in [5, 5.41) is 22.8. The number of carbonyl (C=O) groups excluding carboxylic acids is 1. The molecular weight excluding hydrogens is 460 g/mol. The lowest BCUT2D eigenvalue weighted by Crippen LogP contribution is -2.36. The summed E-state index contributed by atoms with van der Waals surface area (Å²) in [6.07, 6.45) is 3.61. The molecule has 5 rings (SSSR count). The molecule has 1 saturated heterocycles. The van der Waals surface area contributed by atoms with Gasteiger partial charge in [0.1, 0.15) is 11.6 Å². The second-order valence-corrected chi connectivity index (χ2v) is 9.28. The molecule has 0 saturated carbocycles. The van der Waals surface area contributed by atoms with E-state index in [1.807, 2.05) is 36.5 Å². The molecule has 1 fully saturated rings. The number of ether oxygens (including phenoxy) is 1. The van der Waals surface area contributed by atoms with Crippen molar-refractivity contribution in [3.05, 3.63) is 77.0 Å². The second-order valence-electron chi connectivity index (χ2n) is 8.33. The molecule has 2 aromatic heterocycles. The standard InChI is InChI=1S/C26H24N6O2S/c1-18-6-8-19(9-7-18)16-32-17-21(22-4-2-3-5-23(22)32)14-20(15-27)24(33)28-25-29-30-26(35-25)31-10-12-34-13-11-31/h2-9,14,17H,10-13,16H2,1H3,(H,28,29,33)/b20-14-. The Hall–Kier alpha value is -4.00. The number of carbonyl (C=O) groups is 1. The first-order chi connectivity index (χ1) is 17.1. The van der Waals surface area contributed by atoms with Crippen LogP contribution in [0.1, 0.15) is 16.7 Å². The highest BCUT2D eigenvalue weighted by atomic mass is 32.1. The van der Waals surface area contributed by atoms with E-state index in [1.54, 1.807) is 6.08 Å². The third kappa shape index (κ3) is 5.09. The maximum Gasteiger partial charge on any atom is 0.268 e. The van der Waals surface area contributed by atoms with Crippen molar-refractivity contribution in [2.24, 2.45) is 0 Å². The Kier molecular flexibility index (Phi) is 6.57. The van der Waals surface area contributed by atoms with E-state index < -0.39 is 5.91 Å². The number of hydrogen-bond acceptors (Lipinski definition) is 7. The van der Waals surface area contributed by atoms with Gasteiger partial charge in [0.2, 0.25) is 10.3 Å². The van der Waals surface area contributed by atoms with Gasteiger partial charge in [-0.15, -0.1) is 10.2 Å². The number of anilines is 2. The lowest BCUT2D eigenvalue weighted by molar-refractivity contribution is -0.112. The van der Waals surface area contributed by atoms with Gasteiger partial charge in [0, 0.05) is 42.3 Å². The van der Waals surface area contributed by atoms with E-state index >= 15 is 0 Å². The molecule has 1 N–H and O–H groups in total. The molecule has 0 unspecified atom stereocenters. The molecule has 0 atom stereocenters. The second kappa shape index (κ2) is 10.1. The first-order valence-electron chi connectivity index (χ1n) is 11.3. The number of aromatic nitrogens is 3. The smallest absolute Gasteiger partial charge is 0.268 e. The topological polar surface area (TPSA) is 96.1 Å². The fraction of sp³-hybridized carbons (Fsp3) is 0.231. The van der Waals surface area contributed by atoms with Gasteiger partial charge in [-0.25, -0.2) is 0 Å². The van der Waals surface area contributed by atoms with Crippen molar-refractivity contribution in [3.8, 4) is 6.07 Å². The van der Waals surface area contributed by atoms with Crippen LogP contribution in [-0.2, 0) is 16.1 Å². The number of rotatable bonds is 6. The fourth-order valence-corrected chi connectivity index (χ4v) is 4.82. The van der Waals surface area contributed by atoms with Crippen molar-refractivity contribution < 1.29 is 9.53 Å². The number of amides is 1. The van der Waals surface area contributed by atoms with Crippen molar-refractivity contribution in [2.45, 2.75) is 13.5 Å². The van der Waals surface area contributed by atoms with Crippen LogP contribution in [0.3, 0.4) is 0 Å². The Morgan fingerprint density at radius 3 is 2.71 bits per heavy atom. The highest BCUT2D eigenvalue weighted by Crippen LogP contribution is 2.27. The van der Waals surface area contributed by atoms with Crippen LogP contribution in [0.15, 0.2) is 60.3 Å². The number of nitrogens with one attached hydrogen (secondary N) is 1. The molecule has 0 spiro atoms. The van der Waals surface area contributed by atoms with Crippen molar-refractivity contribution in [3.63, 3.8) is 0 Å². The number of morpholine rings is 1. The molecule has 0 radical (unpaired) electrons. The molecule has 1 aliphatic rings. The van der Waals surface area contributed by atoms with Crippen molar-refractivity contribution in [2.75, 3.05) is 36.5 Å². The van der Waals surface area contributed by atoms with E-state index in [0.29, 0.717) is 24.9 Å². The van der Waals surface area contributed by atoms with Crippen molar-refractivity contribution in [1.82, 2.24) is 14.8 Å². The Labute approximate surface area is 207 Å². The molecule has 1 aliphatic heterocycles. The van der Waals surface area contributed by atoms with Gasteiger partial charge in [-0.05, 0) is 24.6 Å². The van der Waals surface area contributed by atoms with Crippen LogP contribution in [0.5, 0.6) is 0 Å². The third-order valence-corrected chi connectivity index (χ3v) is 6.77. The molecule has 35 heavy (non-hydrogen) atoms. The minimum Gasteiger partial charge on any atom is -0.378 e. The SMILES string of the molecule is Cc1ccc(Cn2cc(/C=C(/C#N)C(=O)Nc3nnc(N4CCOCC4)s3)c3ccccc32)cc1. The molecule has 8 nitrogen and oxygen atoms in total. The third-order valence-electron chi connectivity index (χ3n) is 5.87.